The molecule has 1 fully saturated rings. The smallest absolute Gasteiger partial charge is 0.0918 e. The molecule has 3 heteroatoms. The largest absolute Gasteiger partial charge is 0.354 e. The van der Waals surface area contributed by atoms with Gasteiger partial charge in [-0.25, -0.2) is 4.99 Å². The van der Waals surface area contributed by atoms with Gasteiger partial charge in [-0.2, -0.15) is 0 Å². The van der Waals surface area contributed by atoms with Crippen molar-refractivity contribution in [2.45, 2.75) is 19.0 Å². The van der Waals surface area contributed by atoms with Crippen LogP contribution in [0.15, 0.2) is 29.3 Å². The zero-order valence-corrected chi connectivity index (χ0v) is 8.69. The van der Waals surface area contributed by atoms with E-state index < -0.39 is 0 Å². The Balaban J connectivity index is 1.82. The van der Waals surface area contributed by atoms with E-state index in [1.165, 1.54) is 12.0 Å². The van der Waals surface area contributed by atoms with Crippen LogP contribution < -0.4 is 5.32 Å². The maximum Gasteiger partial charge on any atom is 0.0918 e. The van der Waals surface area contributed by atoms with Gasteiger partial charge in [0.2, 0.25) is 0 Å². The van der Waals surface area contributed by atoms with Gasteiger partial charge in [-0.05, 0) is 24.6 Å². The van der Waals surface area contributed by atoms with E-state index in [-0.39, 0.29) is 0 Å². The molecule has 0 aliphatic carbocycles. The van der Waals surface area contributed by atoms with Crippen LogP contribution in [0, 0.1) is 0 Å². The molecule has 0 aromatic heterocycles. The lowest BCUT2D eigenvalue weighted by Gasteiger charge is -2.29. The molecule has 0 spiro atoms. The maximum atomic E-state index is 4.49. The Bertz CT molecular complexity index is 380. The molecular weight excluding hydrogens is 186 g/mol. The van der Waals surface area contributed by atoms with Crippen molar-refractivity contribution in [3.05, 3.63) is 29.8 Å². The third-order valence-electron chi connectivity index (χ3n) is 3.19. The summed E-state index contributed by atoms with van der Waals surface area (Å²) in [5.74, 6) is 0. The van der Waals surface area contributed by atoms with E-state index in [0.717, 1.165) is 25.3 Å². The SMILES string of the molecule is C1=Nc2ccccc2CN1C1CCNC1. The number of nitrogens with one attached hydrogen (secondary N) is 1. The molecule has 2 aliphatic heterocycles. The van der Waals surface area contributed by atoms with Crippen molar-refractivity contribution in [3.63, 3.8) is 0 Å². The molecule has 1 aromatic carbocycles. The zero-order chi connectivity index (χ0) is 10.1. The van der Waals surface area contributed by atoms with Crippen molar-refractivity contribution in [2.75, 3.05) is 13.1 Å². The summed E-state index contributed by atoms with van der Waals surface area (Å²) >= 11 is 0. The molecule has 1 saturated heterocycles. The van der Waals surface area contributed by atoms with Gasteiger partial charge in [0.05, 0.1) is 12.0 Å². The highest BCUT2D eigenvalue weighted by atomic mass is 15.2. The number of aliphatic imine (C=N–C) groups is 1. The number of para-hydroxylation sites is 1. The molecule has 1 unspecified atom stereocenters. The molecular formula is C12H15N3. The first-order valence-electron chi connectivity index (χ1n) is 5.52. The van der Waals surface area contributed by atoms with Gasteiger partial charge in [-0.3, -0.25) is 0 Å². The lowest BCUT2D eigenvalue weighted by molar-refractivity contribution is 0.328. The minimum atomic E-state index is 0.627. The van der Waals surface area contributed by atoms with Crippen molar-refractivity contribution in [1.82, 2.24) is 10.2 Å². The lowest BCUT2D eigenvalue weighted by Crippen LogP contribution is -2.36. The first-order valence-corrected chi connectivity index (χ1v) is 5.52. The van der Waals surface area contributed by atoms with Crippen LogP contribution in [-0.4, -0.2) is 30.4 Å². The summed E-state index contributed by atoms with van der Waals surface area (Å²) < 4.78 is 0. The normalized spacial score (nSPS) is 24.3. The Labute approximate surface area is 89.8 Å². The second-order valence-corrected chi connectivity index (χ2v) is 4.19. The van der Waals surface area contributed by atoms with Crippen molar-refractivity contribution < 1.29 is 0 Å². The molecule has 78 valence electrons. The van der Waals surface area contributed by atoms with Gasteiger partial charge >= 0.3 is 0 Å². The molecule has 1 aromatic rings. The Morgan fingerprint density at radius 2 is 2.27 bits per heavy atom. The molecule has 2 aliphatic rings. The molecule has 0 saturated carbocycles. The number of nitrogens with zero attached hydrogens (tertiary/aromatic N) is 2. The Hall–Kier alpha value is -1.35. The molecule has 3 rings (SSSR count). The Morgan fingerprint density at radius 1 is 1.33 bits per heavy atom. The number of rotatable bonds is 1. The topological polar surface area (TPSA) is 27.6 Å². The quantitative estimate of drug-likeness (QED) is 0.746. The highest BCUT2D eigenvalue weighted by Crippen LogP contribution is 2.25. The second-order valence-electron chi connectivity index (χ2n) is 4.19. The zero-order valence-electron chi connectivity index (χ0n) is 8.69. The second kappa shape index (κ2) is 3.66. The summed E-state index contributed by atoms with van der Waals surface area (Å²) in [5, 5.41) is 3.39. The molecule has 0 radical (unpaired) electrons. The van der Waals surface area contributed by atoms with E-state index in [1.54, 1.807) is 0 Å². The number of hydrogen-bond donors (Lipinski definition) is 1. The van der Waals surface area contributed by atoms with Crippen LogP contribution in [0.1, 0.15) is 12.0 Å². The van der Waals surface area contributed by atoms with Crippen molar-refractivity contribution in [3.8, 4) is 0 Å². The van der Waals surface area contributed by atoms with Gasteiger partial charge < -0.3 is 10.2 Å². The molecule has 1 N–H and O–H groups in total. The van der Waals surface area contributed by atoms with E-state index >= 15 is 0 Å². The van der Waals surface area contributed by atoms with Crippen LogP contribution in [0.5, 0.6) is 0 Å². The lowest BCUT2D eigenvalue weighted by atomic mass is 10.1. The van der Waals surface area contributed by atoms with Gasteiger partial charge in [-0.15, -0.1) is 0 Å². The summed E-state index contributed by atoms with van der Waals surface area (Å²) in [5.41, 5.74) is 2.46. The molecule has 0 amide bonds. The third kappa shape index (κ3) is 1.63. The summed E-state index contributed by atoms with van der Waals surface area (Å²) in [6, 6.07) is 9.01. The van der Waals surface area contributed by atoms with Crippen LogP contribution in [0.3, 0.4) is 0 Å². The van der Waals surface area contributed by atoms with E-state index in [9.17, 15) is 0 Å². The minimum absolute atomic E-state index is 0.627. The van der Waals surface area contributed by atoms with Crippen LogP contribution >= 0.6 is 0 Å². The minimum Gasteiger partial charge on any atom is -0.354 e. The predicted octanol–water partition coefficient (Wildman–Crippen LogP) is 1.52. The Kier molecular flexibility index (Phi) is 2.18. The highest BCUT2D eigenvalue weighted by Gasteiger charge is 2.22. The average molecular weight is 201 g/mol. The molecule has 15 heavy (non-hydrogen) atoms. The van der Waals surface area contributed by atoms with Crippen LogP contribution in [-0.2, 0) is 6.54 Å². The van der Waals surface area contributed by atoms with Crippen molar-refractivity contribution >= 4 is 12.0 Å². The Morgan fingerprint density at radius 3 is 3.13 bits per heavy atom. The van der Waals surface area contributed by atoms with E-state index in [4.69, 9.17) is 0 Å². The van der Waals surface area contributed by atoms with E-state index in [2.05, 4.69) is 33.4 Å². The fraction of sp³-hybridized carbons (Fsp3) is 0.417. The fourth-order valence-electron chi connectivity index (χ4n) is 2.29. The highest BCUT2D eigenvalue weighted by molar-refractivity contribution is 5.67. The summed E-state index contributed by atoms with van der Waals surface area (Å²) in [4.78, 5) is 6.84. The van der Waals surface area contributed by atoms with Crippen LogP contribution in [0.4, 0.5) is 5.69 Å². The fourth-order valence-corrected chi connectivity index (χ4v) is 2.29. The van der Waals surface area contributed by atoms with Gasteiger partial charge in [-0.1, -0.05) is 18.2 Å². The first-order chi connectivity index (χ1) is 7.43. The molecule has 1 atom stereocenters. The average Bonchev–Trinajstić information content (AvgIpc) is 2.82. The predicted molar refractivity (Wildman–Crippen MR) is 61.4 cm³/mol. The number of hydrogen-bond acceptors (Lipinski definition) is 3. The van der Waals surface area contributed by atoms with E-state index in [0.29, 0.717) is 6.04 Å². The van der Waals surface area contributed by atoms with Gasteiger partial charge in [0, 0.05) is 19.1 Å². The van der Waals surface area contributed by atoms with Crippen LogP contribution in [0.25, 0.3) is 0 Å². The maximum absolute atomic E-state index is 4.49. The summed E-state index contributed by atoms with van der Waals surface area (Å²) in [6.45, 7) is 3.23. The first kappa shape index (κ1) is 8.92. The molecule has 3 nitrogen and oxygen atoms in total. The monoisotopic (exact) mass is 201 g/mol. The number of fused-ring (bicyclic) bond motifs is 1. The summed E-state index contributed by atoms with van der Waals surface area (Å²) in [6.07, 6.45) is 3.23. The summed E-state index contributed by atoms with van der Waals surface area (Å²) in [7, 11) is 0. The van der Waals surface area contributed by atoms with Crippen LogP contribution in [0.2, 0.25) is 0 Å². The molecule has 0 bridgehead atoms. The van der Waals surface area contributed by atoms with Gasteiger partial charge in [0.1, 0.15) is 0 Å². The number of benzene rings is 1. The third-order valence-corrected chi connectivity index (χ3v) is 3.19. The molecule has 2 heterocycles. The standard InChI is InChI=1S/C12H15N3/c1-2-4-12-10(3-1)8-15(9-14-12)11-5-6-13-7-11/h1-4,9,11,13H,5-8H2. The van der Waals surface area contributed by atoms with Crippen molar-refractivity contribution in [2.24, 2.45) is 4.99 Å². The van der Waals surface area contributed by atoms with Gasteiger partial charge in [0.25, 0.3) is 0 Å². The van der Waals surface area contributed by atoms with Crippen molar-refractivity contribution in [1.29, 1.82) is 0 Å². The van der Waals surface area contributed by atoms with E-state index in [1.807, 2.05) is 12.4 Å². The van der Waals surface area contributed by atoms with Gasteiger partial charge in [0.15, 0.2) is 0 Å².